The maximum Gasteiger partial charge on any atom is 0.359 e. The summed E-state index contributed by atoms with van der Waals surface area (Å²) in [7, 11) is 0. The third-order valence-corrected chi connectivity index (χ3v) is 4.84. The average molecular weight is 443 g/mol. The summed E-state index contributed by atoms with van der Waals surface area (Å²) < 4.78 is 4.85. The zero-order valence-corrected chi connectivity index (χ0v) is 16.1. The quantitative estimate of drug-likeness (QED) is 0.532. The number of rotatable bonds is 5. The molecule has 0 bridgehead atoms. The molecule has 1 N–H and O–H groups in total. The molecule has 25 heavy (non-hydrogen) atoms. The number of esters is 1. The van der Waals surface area contributed by atoms with Gasteiger partial charge in [0.2, 0.25) is 0 Å². The van der Waals surface area contributed by atoms with Crippen molar-refractivity contribution in [1.82, 2.24) is 10.3 Å². The zero-order chi connectivity index (χ0) is 18.6. The lowest BCUT2D eigenvalue weighted by atomic mass is 10.2. The Labute approximate surface area is 168 Å². The standard InChI is InChI=1S/C15H9Cl5N2O3/c16-8-3-1-7(2-4-8)5-21-9(23)6-25-15(24)13-11(18)10(17)12(19)14(20)22-13/h1-4H,5-6H2,(H,21,23). The van der Waals surface area contributed by atoms with Crippen LogP contribution in [-0.2, 0) is 16.1 Å². The molecule has 2 aromatic rings. The van der Waals surface area contributed by atoms with Crippen molar-refractivity contribution in [3.8, 4) is 0 Å². The lowest BCUT2D eigenvalue weighted by Gasteiger charge is -2.09. The maximum absolute atomic E-state index is 12.0. The normalized spacial score (nSPS) is 10.4. The van der Waals surface area contributed by atoms with Gasteiger partial charge < -0.3 is 10.1 Å². The van der Waals surface area contributed by atoms with E-state index >= 15 is 0 Å². The Morgan fingerprint density at radius 3 is 2.24 bits per heavy atom. The summed E-state index contributed by atoms with van der Waals surface area (Å²) in [4.78, 5) is 27.4. The Morgan fingerprint density at radius 2 is 1.60 bits per heavy atom. The number of halogens is 5. The van der Waals surface area contributed by atoms with Gasteiger partial charge in [-0.1, -0.05) is 70.1 Å². The monoisotopic (exact) mass is 440 g/mol. The fourth-order valence-electron chi connectivity index (χ4n) is 1.68. The molecule has 0 aliphatic heterocycles. The van der Waals surface area contributed by atoms with Gasteiger partial charge in [-0.15, -0.1) is 0 Å². The van der Waals surface area contributed by atoms with Crippen LogP contribution in [0.15, 0.2) is 24.3 Å². The van der Waals surface area contributed by atoms with Crippen molar-refractivity contribution in [1.29, 1.82) is 0 Å². The summed E-state index contributed by atoms with van der Waals surface area (Å²) in [5.41, 5.74) is 0.511. The second-order valence-electron chi connectivity index (χ2n) is 4.67. The Bertz CT molecular complexity index is 812. The minimum Gasteiger partial charge on any atom is -0.451 e. The summed E-state index contributed by atoms with van der Waals surface area (Å²) in [6.45, 7) is -0.270. The first-order valence-electron chi connectivity index (χ1n) is 6.68. The number of hydrogen-bond donors (Lipinski definition) is 1. The van der Waals surface area contributed by atoms with Gasteiger partial charge in [-0.05, 0) is 17.7 Å². The summed E-state index contributed by atoms with van der Waals surface area (Å²) in [6, 6.07) is 6.92. The van der Waals surface area contributed by atoms with Crippen molar-refractivity contribution in [3.63, 3.8) is 0 Å². The molecule has 1 aromatic heterocycles. The molecule has 0 aliphatic rings. The van der Waals surface area contributed by atoms with Gasteiger partial charge in [-0.2, -0.15) is 0 Å². The fourth-order valence-corrected chi connectivity index (χ4v) is 2.61. The third-order valence-electron chi connectivity index (χ3n) is 2.92. The van der Waals surface area contributed by atoms with E-state index in [1.54, 1.807) is 24.3 Å². The molecule has 0 atom stereocenters. The number of benzene rings is 1. The number of aromatic nitrogens is 1. The van der Waals surface area contributed by atoms with E-state index in [1.165, 1.54) is 0 Å². The minimum atomic E-state index is -0.952. The van der Waals surface area contributed by atoms with Crippen molar-refractivity contribution in [2.45, 2.75) is 6.54 Å². The summed E-state index contributed by atoms with van der Waals surface area (Å²) in [6.07, 6.45) is 0. The van der Waals surface area contributed by atoms with Crippen LogP contribution in [0.2, 0.25) is 25.2 Å². The highest BCUT2D eigenvalue weighted by molar-refractivity contribution is 6.52. The summed E-state index contributed by atoms with van der Waals surface area (Å²) in [5.74, 6) is -1.46. The SMILES string of the molecule is O=C(COC(=O)c1nc(Cl)c(Cl)c(Cl)c1Cl)NCc1ccc(Cl)cc1. The Kier molecular flexibility index (Phi) is 7.16. The predicted octanol–water partition coefficient (Wildman–Crippen LogP) is 4.82. The van der Waals surface area contributed by atoms with Gasteiger partial charge >= 0.3 is 5.97 Å². The van der Waals surface area contributed by atoms with Gasteiger partial charge in [0.15, 0.2) is 12.3 Å². The highest BCUT2D eigenvalue weighted by atomic mass is 35.5. The van der Waals surface area contributed by atoms with Crippen molar-refractivity contribution in [3.05, 3.63) is 60.8 Å². The molecule has 0 unspecified atom stereocenters. The molecular formula is C15H9Cl5N2O3. The van der Waals surface area contributed by atoms with Gasteiger partial charge in [0, 0.05) is 11.6 Å². The van der Waals surface area contributed by atoms with Gasteiger partial charge in [0.25, 0.3) is 5.91 Å². The van der Waals surface area contributed by atoms with E-state index in [4.69, 9.17) is 62.7 Å². The number of carbonyl (C=O) groups is 2. The van der Waals surface area contributed by atoms with Crippen LogP contribution in [0.3, 0.4) is 0 Å². The van der Waals surface area contributed by atoms with Crippen molar-refractivity contribution < 1.29 is 14.3 Å². The number of ether oxygens (including phenoxy) is 1. The largest absolute Gasteiger partial charge is 0.451 e. The van der Waals surface area contributed by atoms with Crippen LogP contribution in [-0.4, -0.2) is 23.5 Å². The van der Waals surface area contributed by atoms with E-state index in [-0.39, 0.29) is 32.5 Å². The highest BCUT2D eigenvalue weighted by Gasteiger charge is 2.22. The molecule has 10 heteroatoms. The van der Waals surface area contributed by atoms with E-state index in [0.717, 1.165) is 5.56 Å². The molecule has 0 fully saturated rings. The van der Waals surface area contributed by atoms with Crippen LogP contribution in [0.25, 0.3) is 0 Å². The predicted molar refractivity (Wildman–Crippen MR) is 97.9 cm³/mol. The first-order valence-corrected chi connectivity index (χ1v) is 8.57. The molecule has 0 radical (unpaired) electrons. The molecule has 132 valence electrons. The molecule has 1 amide bonds. The molecular weight excluding hydrogens is 433 g/mol. The van der Waals surface area contributed by atoms with Gasteiger partial charge in [0.1, 0.15) is 5.15 Å². The molecule has 0 saturated heterocycles. The highest BCUT2D eigenvalue weighted by Crippen LogP contribution is 2.36. The number of carbonyl (C=O) groups excluding carboxylic acids is 2. The van der Waals surface area contributed by atoms with Crippen molar-refractivity contribution in [2.75, 3.05) is 6.61 Å². The summed E-state index contributed by atoms with van der Waals surface area (Å²) >= 11 is 29.0. The average Bonchev–Trinajstić information content (AvgIpc) is 2.60. The second kappa shape index (κ2) is 8.92. The molecule has 5 nitrogen and oxygen atoms in total. The van der Waals surface area contributed by atoms with Crippen LogP contribution >= 0.6 is 58.0 Å². The van der Waals surface area contributed by atoms with Crippen LogP contribution in [0.4, 0.5) is 0 Å². The topological polar surface area (TPSA) is 68.3 Å². The fraction of sp³-hybridized carbons (Fsp3) is 0.133. The van der Waals surface area contributed by atoms with E-state index in [0.29, 0.717) is 5.02 Å². The van der Waals surface area contributed by atoms with Crippen molar-refractivity contribution in [2.24, 2.45) is 0 Å². The Hall–Kier alpha value is -1.24. The molecule has 1 aromatic carbocycles. The van der Waals surface area contributed by atoms with Crippen LogP contribution in [0.1, 0.15) is 16.1 Å². The van der Waals surface area contributed by atoms with Crippen LogP contribution in [0, 0.1) is 0 Å². The van der Waals surface area contributed by atoms with E-state index in [1.807, 2.05) is 0 Å². The summed E-state index contributed by atoms with van der Waals surface area (Å²) in [5, 5.41) is 2.57. The third kappa shape index (κ3) is 5.36. The molecule has 0 spiro atoms. The molecule has 2 rings (SSSR count). The van der Waals surface area contributed by atoms with Crippen LogP contribution in [0.5, 0.6) is 0 Å². The molecule has 1 heterocycles. The maximum atomic E-state index is 12.0. The van der Waals surface area contributed by atoms with Gasteiger partial charge in [-0.25, -0.2) is 9.78 Å². The molecule has 0 saturated carbocycles. The molecule has 0 aliphatic carbocycles. The Balaban J connectivity index is 1.91. The van der Waals surface area contributed by atoms with Gasteiger partial charge in [0.05, 0.1) is 15.1 Å². The lowest BCUT2D eigenvalue weighted by molar-refractivity contribution is -0.124. The number of amides is 1. The van der Waals surface area contributed by atoms with Crippen LogP contribution < -0.4 is 5.32 Å². The number of nitrogens with zero attached hydrogens (tertiary/aromatic N) is 1. The van der Waals surface area contributed by atoms with Gasteiger partial charge in [-0.3, -0.25) is 4.79 Å². The van der Waals surface area contributed by atoms with E-state index in [2.05, 4.69) is 10.3 Å². The lowest BCUT2D eigenvalue weighted by Crippen LogP contribution is -2.28. The first-order chi connectivity index (χ1) is 11.8. The van der Waals surface area contributed by atoms with Crippen molar-refractivity contribution >= 4 is 69.9 Å². The second-order valence-corrected chi connectivity index (χ2v) is 6.60. The Morgan fingerprint density at radius 1 is 0.960 bits per heavy atom. The first kappa shape index (κ1) is 20.1. The van der Waals surface area contributed by atoms with E-state index in [9.17, 15) is 9.59 Å². The smallest absolute Gasteiger partial charge is 0.359 e. The number of nitrogens with one attached hydrogen (secondary N) is 1. The zero-order valence-electron chi connectivity index (χ0n) is 12.3. The minimum absolute atomic E-state index is 0.0782. The number of pyridine rings is 1. The number of hydrogen-bond acceptors (Lipinski definition) is 4. The van der Waals surface area contributed by atoms with E-state index < -0.39 is 18.5 Å².